The molecule has 1 N–H and O–H groups in total. The van der Waals surface area contributed by atoms with Gasteiger partial charge in [0.2, 0.25) is 5.91 Å². The van der Waals surface area contributed by atoms with E-state index in [1.165, 1.54) is 0 Å². The molecule has 2 fully saturated rings. The van der Waals surface area contributed by atoms with Gasteiger partial charge in [-0.2, -0.15) is 0 Å². The zero-order valence-corrected chi connectivity index (χ0v) is 17.8. The monoisotopic (exact) mass is 421 g/mol. The largest absolute Gasteiger partial charge is 0.497 e. The molecular formula is C24H27N3O4. The van der Waals surface area contributed by atoms with E-state index in [9.17, 15) is 14.4 Å². The molecule has 162 valence electrons. The van der Waals surface area contributed by atoms with Crippen molar-refractivity contribution in [2.75, 3.05) is 13.7 Å². The third-order valence-corrected chi connectivity index (χ3v) is 6.09. The van der Waals surface area contributed by atoms with Crippen molar-refractivity contribution in [2.24, 2.45) is 0 Å². The minimum Gasteiger partial charge on any atom is -0.497 e. The predicted molar refractivity (Wildman–Crippen MR) is 115 cm³/mol. The molecule has 0 radical (unpaired) electrons. The Labute approximate surface area is 182 Å². The number of methoxy groups -OCH3 is 1. The van der Waals surface area contributed by atoms with Crippen LogP contribution in [0.15, 0.2) is 54.6 Å². The number of hydrogen-bond donors (Lipinski definition) is 1. The molecule has 1 aliphatic heterocycles. The van der Waals surface area contributed by atoms with E-state index in [2.05, 4.69) is 5.32 Å². The summed E-state index contributed by atoms with van der Waals surface area (Å²) in [6, 6.07) is 16.4. The van der Waals surface area contributed by atoms with Crippen LogP contribution in [-0.4, -0.2) is 47.3 Å². The molecule has 1 saturated heterocycles. The van der Waals surface area contributed by atoms with Crippen molar-refractivity contribution in [3.8, 4) is 5.75 Å². The van der Waals surface area contributed by atoms with Gasteiger partial charge < -0.3 is 15.0 Å². The molecule has 1 atom stereocenters. The normalized spacial score (nSPS) is 20.5. The molecule has 1 saturated carbocycles. The van der Waals surface area contributed by atoms with Crippen LogP contribution < -0.4 is 10.1 Å². The van der Waals surface area contributed by atoms with E-state index in [1.807, 2.05) is 61.5 Å². The van der Waals surface area contributed by atoms with Crippen molar-refractivity contribution in [1.82, 2.24) is 15.1 Å². The maximum Gasteiger partial charge on any atom is 0.325 e. The first-order valence-electron chi connectivity index (χ1n) is 10.6. The van der Waals surface area contributed by atoms with Crippen molar-refractivity contribution >= 4 is 17.8 Å². The number of ether oxygens (including phenoxy) is 1. The summed E-state index contributed by atoms with van der Waals surface area (Å²) < 4.78 is 5.19. The number of carbonyl (C=O) groups excluding carboxylic acids is 3. The Bertz CT molecular complexity index is 972. The lowest BCUT2D eigenvalue weighted by molar-refractivity contribution is -0.140. The fourth-order valence-corrected chi connectivity index (χ4v) is 4.09. The lowest BCUT2D eigenvalue weighted by Crippen LogP contribution is -2.46. The summed E-state index contributed by atoms with van der Waals surface area (Å²) >= 11 is 0. The molecule has 1 aliphatic carbocycles. The minimum atomic E-state index is -1.13. The molecule has 0 spiro atoms. The molecule has 4 amide bonds. The second kappa shape index (κ2) is 8.41. The molecule has 7 nitrogen and oxygen atoms in total. The summed E-state index contributed by atoms with van der Waals surface area (Å²) in [6.45, 7) is 2.04. The zero-order valence-electron chi connectivity index (χ0n) is 17.8. The van der Waals surface area contributed by atoms with Gasteiger partial charge in [0.25, 0.3) is 5.91 Å². The van der Waals surface area contributed by atoms with Gasteiger partial charge in [0.15, 0.2) is 0 Å². The number of hydrogen-bond acceptors (Lipinski definition) is 4. The van der Waals surface area contributed by atoms with Crippen molar-refractivity contribution in [2.45, 2.75) is 44.3 Å². The standard InChI is InChI=1S/C24H27N3O4/c1-3-24(18-7-5-4-6-8-18)22(29)27(23(30)25-24)16-21(28)26(19-11-12-19)15-17-9-13-20(31-2)14-10-17/h4-10,13-14,19H,3,11-12,15-16H2,1-2H3,(H,25,30)/t24-/m1/s1. The minimum absolute atomic E-state index is 0.153. The third-order valence-electron chi connectivity index (χ3n) is 6.09. The fourth-order valence-electron chi connectivity index (χ4n) is 4.09. The van der Waals surface area contributed by atoms with Crippen LogP contribution in [0, 0.1) is 0 Å². The molecule has 0 bridgehead atoms. The Morgan fingerprint density at radius 2 is 1.81 bits per heavy atom. The van der Waals surface area contributed by atoms with Crippen LogP contribution in [0.1, 0.15) is 37.3 Å². The van der Waals surface area contributed by atoms with Crippen molar-refractivity contribution in [3.05, 3.63) is 65.7 Å². The number of rotatable bonds is 8. The Hall–Kier alpha value is -3.35. The molecular weight excluding hydrogens is 394 g/mol. The molecule has 7 heteroatoms. The fraction of sp³-hybridized carbons (Fsp3) is 0.375. The Morgan fingerprint density at radius 3 is 2.39 bits per heavy atom. The quantitative estimate of drug-likeness (QED) is 0.665. The van der Waals surface area contributed by atoms with Crippen LogP contribution in [0.25, 0.3) is 0 Å². The molecule has 31 heavy (non-hydrogen) atoms. The van der Waals surface area contributed by atoms with Gasteiger partial charge in [-0.15, -0.1) is 0 Å². The number of nitrogens with one attached hydrogen (secondary N) is 1. The van der Waals surface area contributed by atoms with Crippen LogP contribution in [0.4, 0.5) is 4.79 Å². The van der Waals surface area contributed by atoms with Crippen molar-refractivity contribution < 1.29 is 19.1 Å². The van der Waals surface area contributed by atoms with Gasteiger partial charge in [-0.25, -0.2) is 4.79 Å². The smallest absolute Gasteiger partial charge is 0.325 e. The van der Waals surface area contributed by atoms with Gasteiger partial charge in [-0.05, 0) is 42.5 Å². The highest BCUT2D eigenvalue weighted by Crippen LogP contribution is 2.33. The Balaban J connectivity index is 1.51. The summed E-state index contributed by atoms with van der Waals surface area (Å²) in [5, 5.41) is 2.84. The number of carbonyl (C=O) groups is 3. The molecule has 2 aromatic rings. The average Bonchev–Trinajstić information content (AvgIpc) is 3.61. The van der Waals surface area contributed by atoms with Gasteiger partial charge >= 0.3 is 6.03 Å². The second-order valence-electron chi connectivity index (χ2n) is 8.05. The summed E-state index contributed by atoms with van der Waals surface area (Å²) in [5.74, 6) is 0.158. The SMILES string of the molecule is CC[C@]1(c2ccccc2)NC(=O)N(CC(=O)N(Cc2ccc(OC)cc2)C2CC2)C1=O. The summed E-state index contributed by atoms with van der Waals surface area (Å²) in [6.07, 6.45) is 2.28. The molecule has 2 aliphatic rings. The lowest BCUT2D eigenvalue weighted by Gasteiger charge is -2.27. The van der Waals surface area contributed by atoms with Crippen molar-refractivity contribution in [1.29, 1.82) is 0 Å². The van der Waals surface area contributed by atoms with E-state index in [4.69, 9.17) is 4.74 Å². The van der Waals surface area contributed by atoms with Crippen LogP contribution >= 0.6 is 0 Å². The van der Waals surface area contributed by atoms with E-state index >= 15 is 0 Å². The van der Waals surface area contributed by atoms with E-state index in [1.54, 1.807) is 12.0 Å². The number of imide groups is 1. The predicted octanol–water partition coefficient (Wildman–Crippen LogP) is 3.04. The number of benzene rings is 2. The lowest BCUT2D eigenvalue weighted by atomic mass is 9.87. The highest BCUT2D eigenvalue weighted by Gasteiger charge is 2.52. The first kappa shape index (κ1) is 20.9. The summed E-state index contributed by atoms with van der Waals surface area (Å²) in [7, 11) is 1.61. The van der Waals surface area contributed by atoms with Crippen LogP contribution in [0.3, 0.4) is 0 Å². The van der Waals surface area contributed by atoms with E-state index < -0.39 is 11.6 Å². The van der Waals surface area contributed by atoms with Crippen LogP contribution in [0.2, 0.25) is 0 Å². The zero-order chi connectivity index (χ0) is 22.0. The van der Waals surface area contributed by atoms with Crippen LogP contribution in [0.5, 0.6) is 5.75 Å². The molecule has 2 aromatic carbocycles. The van der Waals surface area contributed by atoms with Crippen molar-refractivity contribution in [3.63, 3.8) is 0 Å². The average molecular weight is 421 g/mol. The highest BCUT2D eigenvalue weighted by atomic mass is 16.5. The number of urea groups is 1. The van der Waals surface area contributed by atoms with Gasteiger partial charge in [0.1, 0.15) is 17.8 Å². The maximum absolute atomic E-state index is 13.3. The Kier molecular flexibility index (Phi) is 5.67. The molecule has 0 unspecified atom stereocenters. The molecule has 1 heterocycles. The topological polar surface area (TPSA) is 79.0 Å². The van der Waals surface area contributed by atoms with Gasteiger partial charge in [0, 0.05) is 12.6 Å². The van der Waals surface area contributed by atoms with E-state index in [0.29, 0.717) is 13.0 Å². The van der Waals surface area contributed by atoms with Gasteiger partial charge in [-0.3, -0.25) is 14.5 Å². The first-order chi connectivity index (χ1) is 15.0. The summed E-state index contributed by atoms with van der Waals surface area (Å²) in [5.41, 5.74) is 0.576. The number of nitrogens with zero attached hydrogens (tertiary/aromatic N) is 2. The van der Waals surface area contributed by atoms with E-state index in [0.717, 1.165) is 34.6 Å². The first-order valence-corrected chi connectivity index (χ1v) is 10.6. The second-order valence-corrected chi connectivity index (χ2v) is 8.05. The molecule has 4 rings (SSSR count). The van der Waals surface area contributed by atoms with Gasteiger partial charge in [0.05, 0.1) is 7.11 Å². The third kappa shape index (κ3) is 4.00. The van der Waals surface area contributed by atoms with Gasteiger partial charge in [-0.1, -0.05) is 49.4 Å². The molecule has 0 aromatic heterocycles. The maximum atomic E-state index is 13.3. The van der Waals surface area contributed by atoms with Crippen LogP contribution in [-0.2, 0) is 21.7 Å². The highest BCUT2D eigenvalue weighted by molar-refractivity contribution is 6.09. The summed E-state index contributed by atoms with van der Waals surface area (Å²) in [4.78, 5) is 42.0. The Morgan fingerprint density at radius 1 is 1.13 bits per heavy atom. The number of amides is 4. The van der Waals surface area contributed by atoms with E-state index in [-0.39, 0.29) is 24.4 Å².